The van der Waals surface area contributed by atoms with E-state index in [1.165, 1.54) is 0 Å². The number of fused-ring (bicyclic) bond motifs is 1. The van der Waals surface area contributed by atoms with E-state index < -0.39 is 0 Å². The number of hydrogen-bond acceptors (Lipinski definition) is 3. The normalized spacial score (nSPS) is 12.6. The van der Waals surface area contributed by atoms with Crippen LogP contribution in [0.5, 0.6) is 5.75 Å². The number of imidazole rings is 1. The number of carbonyl (C=O) groups is 1. The van der Waals surface area contributed by atoms with Crippen molar-refractivity contribution in [2.45, 2.75) is 26.8 Å². The van der Waals surface area contributed by atoms with Gasteiger partial charge in [-0.15, -0.1) is 0 Å². The SMILES string of the molecule is COc1cccc2c1[nH]c(=S)n2C(C)C(=O)NCC(C)C. The lowest BCUT2D eigenvalue weighted by Gasteiger charge is -2.16. The summed E-state index contributed by atoms with van der Waals surface area (Å²) in [5.41, 5.74) is 1.68. The number of carbonyl (C=O) groups excluding carboxylic acids is 1. The maximum Gasteiger partial charge on any atom is 0.242 e. The monoisotopic (exact) mass is 307 g/mol. The fraction of sp³-hybridized carbons (Fsp3) is 0.467. The van der Waals surface area contributed by atoms with Gasteiger partial charge in [0.2, 0.25) is 5.91 Å². The van der Waals surface area contributed by atoms with Crippen molar-refractivity contribution in [1.29, 1.82) is 0 Å². The first-order chi connectivity index (χ1) is 9.95. The first kappa shape index (κ1) is 15.6. The van der Waals surface area contributed by atoms with E-state index in [-0.39, 0.29) is 11.9 Å². The maximum absolute atomic E-state index is 12.3. The molecule has 0 aliphatic heterocycles. The molecule has 2 aromatic rings. The van der Waals surface area contributed by atoms with Crippen LogP contribution in [0.2, 0.25) is 0 Å². The maximum atomic E-state index is 12.3. The summed E-state index contributed by atoms with van der Waals surface area (Å²) in [7, 11) is 1.61. The second-order valence-electron chi connectivity index (χ2n) is 5.47. The van der Waals surface area contributed by atoms with Gasteiger partial charge in [0.25, 0.3) is 0 Å². The zero-order valence-electron chi connectivity index (χ0n) is 12.8. The van der Waals surface area contributed by atoms with Gasteiger partial charge < -0.3 is 19.6 Å². The molecule has 21 heavy (non-hydrogen) atoms. The molecule has 1 heterocycles. The fourth-order valence-corrected chi connectivity index (χ4v) is 2.61. The van der Waals surface area contributed by atoms with Crippen LogP contribution in [-0.2, 0) is 4.79 Å². The van der Waals surface area contributed by atoms with Crippen LogP contribution in [-0.4, -0.2) is 29.1 Å². The Morgan fingerprint density at radius 2 is 2.14 bits per heavy atom. The van der Waals surface area contributed by atoms with E-state index in [0.29, 0.717) is 23.0 Å². The van der Waals surface area contributed by atoms with Crippen LogP contribution in [0.15, 0.2) is 18.2 Å². The molecule has 2 rings (SSSR count). The van der Waals surface area contributed by atoms with Gasteiger partial charge >= 0.3 is 0 Å². The summed E-state index contributed by atoms with van der Waals surface area (Å²) in [5, 5.41) is 2.94. The fourth-order valence-electron chi connectivity index (χ4n) is 2.25. The molecule has 0 saturated carbocycles. The Morgan fingerprint density at radius 3 is 2.76 bits per heavy atom. The van der Waals surface area contributed by atoms with Crippen LogP contribution >= 0.6 is 12.2 Å². The minimum atomic E-state index is -0.378. The Kier molecular flexibility index (Phi) is 4.67. The number of rotatable bonds is 5. The van der Waals surface area contributed by atoms with E-state index in [1.807, 2.05) is 29.7 Å². The number of nitrogens with zero attached hydrogens (tertiary/aromatic N) is 1. The van der Waals surface area contributed by atoms with E-state index in [9.17, 15) is 4.79 Å². The van der Waals surface area contributed by atoms with Gasteiger partial charge in [-0.2, -0.15) is 0 Å². The van der Waals surface area contributed by atoms with Crippen LogP contribution in [0.25, 0.3) is 11.0 Å². The van der Waals surface area contributed by atoms with Gasteiger partial charge in [0, 0.05) is 6.54 Å². The average Bonchev–Trinajstić information content (AvgIpc) is 2.79. The number of ether oxygens (including phenoxy) is 1. The summed E-state index contributed by atoms with van der Waals surface area (Å²) >= 11 is 5.36. The minimum Gasteiger partial charge on any atom is -0.494 e. The number of nitrogens with one attached hydrogen (secondary N) is 2. The highest BCUT2D eigenvalue weighted by Crippen LogP contribution is 2.26. The molecule has 0 bridgehead atoms. The molecule has 0 saturated heterocycles. The average molecular weight is 307 g/mol. The molecule has 114 valence electrons. The second-order valence-corrected chi connectivity index (χ2v) is 5.86. The molecule has 0 aliphatic rings. The summed E-state index contributed by atoms with van der Waals surface area (Å²) in [5.74, 6) is 1.09. The molecule has 0 fully saturated rings. The molecule has 1 aromatic carbocycles. The highest BCUT2D eigenvalue weighted by molar-refractivity contribution is 7.71. The van der Waals surface area contributed by atoms with Crippen molar-refractivity contribution < 1.29 is 9.53 Å². The zero-order valence-corrected chi connectivity index (χ0v) is 13.6. The number of H-pyrrole nitrogens is 1. The third kappa shape index (κ3) is 3.10. The third-order valence-corrected chi connectivity index (χ3v) is 3.68. The van der Waals surface area contributed by atoms with E-state index in [2.05, 4.69) is 24.1 Å². The van der Waals surface area contributed by atoms with E-state index in [4.69, 9.17) is 17.0 Å². The number of para-hydroxylation sites is 1. The number of hydrogen-bond donors (Lipinski definition) is 2. The third-order valence-electron chi connectivity index (χ3n) is 3.39. The van der Waals surface area contributed by atoms with Crippen LogP contribution in [0.1, 0.15) is 26.8 Å². The Bertz CT molecular complexity index is 702. The summed E-state index contributed by atoms with van der Waals surface area (Å²) in [6.07, 6.45) is 0. The molecular weight excluding hydrogens is 286 g/mol. The molecule has 5 nitrogen and oxygen atoms in total. The molecule has 2 N–H and O–H groups in total. The van der Waals surface area contributed by atoms with Crippen LogP contribution in [0.3, 0.4) is 0 Å². The van der Waals surface area contributed by atoms with Gasteiger partial charge in [0.05, 0.1) is 12.6 Å². The topological polar surface area (TPSA) is 59.0 Å². The lowest BCUT2D eigenvalue weighted by atomic mass is 10.2. The van der Waals surface area contributed by atoms with Crippen molar-refractivity contribution in [2.75, 3.05) is 13.7 Å². The van der Waals surface area contributed by atoms with Crippen molar-refractivity contribution in [1.82, 2.24) is 14.9 Å². The summed E-state index contributed by atoms with van der Waals surface area (Å²) < 4.78 is 7.66. The van der Waals surface area contributed by atoms with E-state index >= 15 is 0 Å². The minimum absolute atomic E-state index is 0.0384. The van der Waals surface area contributed by atoms with Crippen molar-refractivity contribution in [3.63, 3.8) is 0 Å². The van der Waals surface area contributed by atoms with Gasteiger partial charge in [-0.05, 0) is 37.2 Å². The van der Waals surface area contributed by atoms with Gasteiger partial charge in [0.15, 0.2) is 4.77 Å². The Morgan fingerprint density at radius 1 is 1.43 bits per heavy atom. The lowest BCUT2D eigenvalue weighted by molar-refractivity contribution is -0.123. The van der Waals surface area contributed by atoms with Crippen molar-refractivity contribution in [3.05, 3.63) is 23.0 Å². The Balaban J connectivity index is 2.40. The second kappa shape index (κ2) is 6.30. The first-order valence-corrected chi connectivity index (χ1v) is 7.41. The largest absolute Gasteiger partial charge is 0.494 e. The standard InChI is InChI=1S/C15H21N3O2S/c1-9(2)8-16-14(19)10(3)18-11-6-5-7-12(20-4)13(11)17-15(18)21/h5-7,9-10H,8H2,1-4H3,(H,16,19)(H,17,21). The van der Waals surface area contributed by atoms with Gasteiger partial charge in [-0.25, -0.2) is 0 Å². The molecule has 6 heteroatoms. The summed E-state index contributed by atoms with van der Waals surface area (Å²) in [6, 6.07) is 5.30. The first-order valence-electron chi connectivity index (χ1n) is 7.00. The van der Waals surface area contributed by atoms with Crippen molar-refractivity contribution in [3.8, 4) is 5.75 Å². The zero-order chi connectivity index (χ0) is 15.6. The highest BCUT2D eigenvalue weighted by Gasteiger charge is 2.19. The summed E-state index contributed by atoms with van der Waals surface area (Å²) in [6.45, 7) is 6.63. The molecular formula is C15H21N3O2S. The number of amides is 1. The highest BCUT2D eigenvalue weighted by atomic mass is 32.1. The van der Waals surface area contributed by atoms with Crippen LogP contribution in [0, 0.1) is 10.7 Å². The molecule has 0 spiro atoms. The van der Waals surface area contributed by atoms with Crippen LogP contribution in [0.4, 0.5) is 0 Å². The number of aromatic nitrogens is 2. The molecule has 1 atom stereocenters. The molecule has 1 unspecified atom stereocenters. The molecule has 1 aromatic heterocycles. The Labute approximate surface area is 129 Å². The quantitative estimate of drug-likeness (QED) is 0.835. The smallest absolute Gasteiger partial charge is 0.242 e. The van der Waals surface area contributed by atoms with E-state index in [0.717, 1.165) is 11.0 Å². The predicted octanol–water partition coefficient (Wildman–Crippen LogP) is 3.04. The van der Waals surface area contributed by atoms with Gasteiger partial charge in [-0.3, -0.25) is 4.79 Å². The number of aromatic amines is 1. The van der Waals surface area contributed by atoms with Crippen LogP contribution < -0.4 is 10.1 Å². The van der Waals surface area contributed by atoms with Gasteiger partial charge in [-0.1, -0.05) is 19.9 Å². The number of methoxy groups -OCH3 is 1. The van der Waals surface area contributed by atoms with Crippen molar-refractivity contribution in [2.24, 2.45) is 5.92 Å². The van der Waals surface area contributed by atoms with E-state index in [1.54, 1.807) is 7.11 Å². The van der Waals surface area contributed by atoms with Gasteiger partial charge in [0.1, 0.15) is 17.3 Å². The molecule has 1 amide bonds. The molecule has 0 aliphatic carbocycles. The number of benzene rings is 1. The predicted molar refractivity (Wildman–Crippen MR) is 86.2 cm³/mol. The lowest BCUT2D eigenvalue weighted by Crippen LogP contribution is -2.33. The molecule has 0 radical (unpaired) electrons. The van der Waals surface area contributed by atoms with Crippen molar-refractivity contribution >= 4 is 29.2 Å². The summed E-state index contributed by atoms with van der Waals surface area (Å²) in [4.78, 5) is 15.4. The Hall–Kier alpha value is -1.82.